The highest BCUT2D eigenvalue weighted by atomic mass is 35.5. The van der Waals surface area contributed by atoms with Gasteiger partial charge in [0.15, 0.2) is 0 Å². The number of nitrogens with zero attached hydrogens (tertiary/aromatic N) is 2. The van der Waals surface area contributed by atoms with Gasteiger partial charge in [-0.2, -0.15) is 0 Å². The lowest BCUT2D eigenvalue weighted by atomic mass is 10.1. The number of rotatable bonds is 6. The van der Waals surface area contributed by atoms with Gasteiger partial charge in [0, 0.05) is 36.5 Å². The molecule has 4 heteroatoms. The van der Waals surface area contributed by atoms with E-state index >= 15 is 0 Å². The van der Waals surface area contributed by atoms with E-state index in [-0.39, 0.29) is 0 Å². The molecule has 2 aromatic rings. The highest BCUT2D eigenvalue weighted by Crippen LogP contribution is 2.24. The van der Waals surface area contributed by atoms with Crippen LogP contribution in [0.4, 0.5) is 5.69 Å². The summed E-state index contributed by atoms with van der Waals surface area (Å²) in [5, 5.41) is 4.22. The van der Waals surface area contributed by atoms with Gasteiger partial charge in [-0.15, -0.1) is 0 Å². The Bertz CT molecular complexity index is 570. The summed E-state index contributed by atoms with van der Waals surface area (Å²) in [6, 6.07) is 12.5. The van der Waals surface area contributed by atoms with Crippen molar-refractivity contribution < 1.29 is 0 Å². The van der Waals surface area contributed by atoms with Crippen LogP contribution in [0.2, 0.25) is 5.02 Å². The lowest BCUT2D eigenvalue weighted by Crippen LogP contribution is -2.24. The van der Waals surface area contributed by atoms with E-state index in [2.05, 4.69) is 42.2 Å². The van der Waals surface area contributed by atoms with Crippen molar-refractivity contribution in [1.29, 1.82) is 0 Å². The molecule has 0 saturated heterocycles. The second kappa shape index (κ2) is 7.43. The summed E-state index contributed by atoms with van der Waals surface area (Å²) in [7, 11) is 2.08. The van der Waals surface area contributed by atoms with Crippen LogP contribution in [0.1, 0.15) is 25.1 Å². The summed E-state index contributed by atoms with van der Waals surface area (Å²) in [4.78, 5) is 6.59. The summed E-state index contributed by atoms with van der Waals surface area (Å²) in [5.74, 6) is 0. The van der Waals surface area contributed by atoms with Gasteiger partial charge in [0.25, 0.3) is 0 Å². The van der Waals surface area contributed by atoms with Crippen molar-refractivity contribution in [3.8, 4) is 0 Å². The second-order valence-corrected chi connectivity index (χ2v) is 5.92. The van der Waals surface area contributed by atoms with E-state index in [1.54, 1.807) is 0 Å². The molecule has 0 saturated carbocycles. The fourth-order valence-electron chi connectivity index (χ4n) is 2.20. The minimum atomic E-state index is 0.443. The molecule has 1 aromatic carbocycles. The van der Waals surface area contributed by atoms with Crippen LogP contribution in [-0.4, -0.2) is 18.1 Å². The van der Waals surface area contributed by atoms with Crippen LogP contribution in [0.25, 0.3) is 0 Å². The summed E-state index contributed by atoms with van der Waals surface area (Å²) in [6.07, 6.45) is 1.83. The molecule has 2 rings (SSSR count). The Morgan fingerprint density at radius 3 is 2.71 bits per heavy atom. The number of aromatic nitrogens is 1. The molecule has 112 valence electrons. The van der Waals surface area contributed by atoms with Gasteiger partial charge >= 0.3 is 0 Å². The Labute approximate surface area is 132 Å². The molecule has 0 spiro atoms. The monoisotopic (exact) mass is 303 g/mol. The first-order valence-corrected chi connectivity index (χ1v) is 7.57. The third kappa shape index (κ3) is 4.73. The zero-order chi connectivity index (χ0) is 15.2. The number of halogens is 1. The molecule has 0 radical (unpaired) electrons. The number of benzene rings is 1. The van der Waals surface area contributed by atoms with Crippen LogP contribution in [0.5, 0.6) is 0 Å². The van der Waals surface area contributed by atoms with Crippen LogP contribution in [0.15, 0.2) is 42.6 Å². The molecule has 3 nitrogen and oxygen atoms in total. The minimum Gasteiger partial charge on any atom is -0.368 e. The number of anilines is 1. The molecule has 0 aliphatic carbocycles. The Kier molecular flexibility index (Phi) is 5.59. The average Bonchev–Trinajstić information content (AvgIpc) is 2.46. The Balaban J connectivity index is 2.17. The largest absolute Gasteiger partial charge is 0.368 e. The van der Waals surface area contributed by atoms with Crippen molar-refractivity contribution in [2.45, 2.75) is 33.0 Å². The van der Waals surface area contributed by atoms with Crippen molar-refractivity contribution in [2.75, 3.05) is 11.9 Å². The van der Waals surface area contributed by atoms with Crippen molar-refractivity contribution in [2.24, 2.45) is 0 Å². The van der Waals surface area contributed by atoms with Gasteiger partial charge in [-0.1, -0.05) is 31.5 Å². The van der Waals surface area contributed by atoms with E-state index in [9.17, 15) is 0 Å². The zero-order valence-corrected chi connectivity index (χ0v) is 13.6. The molecular formula is C17H22ClN3. The highest BCUT2D eigenvalue weighted by molar-refractivity contribution is 6.30. The van der Waals surface area contributed by atoms with E-state index < -0.39 is 0 Å². The van der Waals surface area contributed by atoms with Gasteiger partial charge in [0.2, 0.25) is 0 Å². The Morgan fingerprint density at radius 1 is 1.24 bits per heavy atom. The number of hydrogen-bond acceptors (Lipinski definition) is 3. The standard InChI is InChI=1S/C17H22ClN3/c1-13(2)20-11-14-10-15(18)7-8-17(14)21(3)12-16-6-4-5-9-19-16/h4-10,13,20H,11-12H2,1-3H3. The van der Waals surface area contributed by atoms with E-state index in [0.717, 1.165) is 23.8 Å². The van der Waals surface area contributed by atoms with Gasteiger partial charge in [0.05, 0.1) is 12.2 Å². The zero-order valence-electron chi connectivity index (χ0n) is 12.8. The van der Waals surface area contributed by atoms with Crippen molar-refractivity contribution in [1.82, 2.24) is 10.3 Å². The smallest absolute Gasteiger partial charge is 0.0598 e. The fraction of sp³-hybridized carbons (Fsp3) is 0.353. The van der Waals surface area contributed by atoms with E-state index in [1.165, 1.54) is 11.3 Å². The van der Waals surface area contributed by atoms with Crippen LogP contribution >= 0.6 is 11.6 Å². The summed E-state index contributed by atoms with van der Waals surface area (Å²) >= 11 is 6.14. The quantitative estimate of drug-likeness (QED) is 0.878. The maximum atomic E-state index is 6.14. The summed E-state index contributed by atoms with van der Waals surface area (Å²) in [5.41, 5.74) is 3.44. The Morgan fingerprint density at radius 2 is 2.05 bits per heavy atom. The van der Waals surface area contributed by atoms with Crippen molar-refractivity contribution >= 4 is 17.3 Å². The van der Waals surface area contributed by atoms with Gasteiger partial charge in [-0.25, -0.2) is 0 Å². The van der Waals surface area contributed by atoms with Crippen molar-refractivity contribution in [3.05, 3.63) is 58.9 Å². The van der Waals surface area contributed by atoms with Gasteiger partial charge in [-0.3, -0.25) is 4.98 Å². The van der Waals surface area contributed by atoms with Crippen LogP contribution < -0.4 is 10.2 Å². The topological polar surface area (TPSA) is 28.2 Å². The highest BCUT2D eigenvalue weighted by Gasteiger charge is 2.09. The van der Waals surface area contributed by atoms with Crippen LogP contribution in [0, 0.1) is 0 Å². The van der Waals surface area contributed by atoms with Crippen LogP contribution in [-0.2, 0) is 13.1 Å². The lowest BCUT2D eigenvalue weighted by molar-refractivity contribution is 0.588. The van der Waals surface area contributed by atoms with E-state index in [4.69, 9.17) is 11.6 Å². The first kappa shape index (κ1) is 15.8. The molecule has 0 amide bonds. The lowest BCUT2D eigenvalue weighted by Gasteiger charge is -2.23. The molecule has 1 heterocycles. The third-order valence-electron chi connectivity index (χ3n) is 3.28. The first-order valence-electron chi connectivity index (χ1n) is 7.19. The van der Waals surface area contributed by atoms with Gasteiger partial charge < -0.3 is 10.2 Å². The maximum absolute atomic E-state index is 6.14. The average molecular weight is 304 g/mol. The molecule has 0 aliphatic rings. The number of hydrogen-bond donors (Lipinski definition) is 1. The predicted molar refractivity (Wildman–Crippen MR) is 89.8 cm³/mol. The SMILES string of the molecule is CC(C)NCc1cc(Cl)ccc1N(C)Cc1ccccn1. The fourth-order valence-corrected chi connectivity index (χ4v) is 2.40. The molecule has 1 aromatic heterocycles. The molecule has 21 heavy (non-hydrogen) atoms. The predicted octanol–water partition coefficient (Wildman–Crippen LogP) is 3.87. The third-order valence-corrected chi connectivity index (χ3v) is 3.51. The molecule has 0 bridgehead atoms. The molecule has 1 N–H and O–H groups in total. The molecular weight excluding hydrogens is 282 g/mol. The Hall–Kier alpha value is -1.58. The van der Waals surface area contributed by atoms with Crippen molar-refractivity contribution in [3.63, 3.8) is 0 Å². The first-order chi connectivity index (χ1) is 10.1. The minimum absolute atomic E-state index is 0.443. The normalized spacial score (nSPS) is 10.9. The summed E-state index contributed by atoms with van der Waals surface area (Å²) in [6.45, 7) is 5.86. The van der Waals surface area contributed by atoms with Crippen LogP contribution in [0.3, 0.4) is 0 Å². The maximum Gasteiger partial charge on any atom is 0.0598 e. The molecule has 0 fully saturated rings. The van der Waals surface area contributed by atoms with Gasteiger partial charge in [-0.05, 0) is 35.9 Å². The molecule has 0 unspecified atom stereocenters. The summed E-state index contributed by atoms with van der Waals surface area (Å²) < 4.78 is 0. The van der Waals surface area contributed by atoms with Gasteiger partial charge in [0.1, 0.15) is 0 Å². The van der Waals surface area contributed by atoms with E-state index in [1.807, 2.05) is 36.5 Å². The molecule has 0 atom stereocenters. The number of pyridine rings is 1. The molecule has 0 aliphatic heterocycles. The second-order valence-electron chi connectivity index (χ2n) is 5.49. The van der Waals surface area contributed by atoms with E-state index in [0.29, 0.717) is 6.04 Å². The number of nitrogens with one attached hydrogen (secondary N) is 1.